The van der Waals surface area contributed by atoms with Gasteiger partial charge in [-0.1, -0.05) is 42.5 Å². The zero-order valence-corrected chi connectivity index (χ0v) is 14.2. The second-order valence-electron chi connectivity index (χ2n) is 6.61. The van der Waals surface area contributed by atoms with Crippen molar-refractivity contribution in [2.24, 2.45) is 17.8 Å². The summed E-state index contributed by atoms with van der Waals surface area (Å²) in [5.74, 6) is 1.11. The van der Waals surface area contributed by atoms with Crippen LogP contribution in [0.2, 0.25) is 0 Å². The van der Waals surface area contributed by atoms with Gasteiger partial charge in [0.25, 0.3) is 10.1 Å². The van der Waals surface area contributed by atoms with E-state index in [2.05, 4.69) is 12.2 Å². The molecule has 1 aromatic carbocycles. The number of hydrogen-bond acceptors (Lipinski definition) is 4. The summed E-state index contributed by atoms with van der Waals surface area (Å²) in [6.45, 7) is 1.10. The molecule has 2 aliphatic carbocycles. The number of fused-ring (bicyclic) bond motifs is 1. The molecule has 1 aromatic rings. The fourth-order valence-electron chi connectivity index (χ4n) is 3.89. The first-order valence-corrected chi connectivity index (χ1v) is 9.99. The van der Waals surface area contributed by atoms with Gasteiger partial charge in [-0.3, -0.25) is 4.18 Å². The van der Waals surface area contributed by atoms with Crippen molar-refractivity contribution in [2.75, 3.05) is 12.9 Å². The SMILES string of the molecule is CS(=O)(=O)OC1CC2CC=CCC2C1COCc1ccccc1. The van der Waals surface area contributed by atoms with Crippen LogP contribution in [0.4, 0.5) is 0 Å². The lowest BCUT2D eigenvalue weighted by Crippen LogP contribution is -2.29. The third-order valence-corrected chi connectivity index (χ3v) is 5.50. The highest BCUT2D eigenvalue weighted by Crippen LogP contribution is 2.45. The van der Waals surface area contributed by atoms with Gasteiger partial charge in [-0.2, -0.15) is 8.42 Å². The molecule has 0 N–H and O–H groups in total. The van der Waals surface area contributed by atoms with Gasteiger partial charge in [-0.15, -0.1) is 0 Å². The zero-order valence-electron chi connectivity index (χ0n) is 13.4. The maximum atomic E-state index is 11.6. The fourth-order valence-corrected chi connectivity index (χ4v) is 4.56. The molecule has 0 aliphatic heterocycles. The van der Waals surface area contributed by atoms with Crippen LogP contribution >= 0.6 is 0 Å². The number of rotatable bonds is 6. The van der Waals surface area contributed by atoms with Gasteiger partial charge in [-0.25, -0.2) is 0 Å². The maximum Gasteiger partial charge on any atom is 0.264 e. The van der Waals surface area contributed by atoms with Gasteiger partial charge in [0.1, 0.15) is 0 Å². The molecule has 0 saturated heterocycles. The first kappa shape index (κ1) is 16.7. The van der Waals surface area contributed by atoms with E-state index in [4.69, 9.17) is 8.92 Å². The summed E-state index contributed by atoms with van der Waals surface area (Å²) in [5.41, 5.74) is 1.13. The molecule has 0 radical (unpaired) electrons. The van der Waals surface area contributed by atoms with Gasteiger partial charge in [0.15, 0.2) is 0 Å². The van der Waals surface area contributed by atoms with Crippen LogP contribution in [-0.2, 0) is 25.6 Å². The van der Waals surface area contributed by atoms with Crippen molar-refractivity contribution >= 4 is 10.1 Å². The predicted molar refractivity (Wildman–Crippen MR) is 89.3 cm³/mol. The lowest BCUT2D eigenvalue weighted by molar-refractivity contribution is 0.0317. The zero-order chi connectivity index (χ0) is 16.3. The fraction of sp³-hybridized carbons (Fsp3) is 0.556. The van der Waals surface area contributed by atoms with E-state index in [0.29, 0.717) is 25.0 Å². The molecule has 126 valence electrons. The molecule has 2 aliphatic rings. The quantitative estimate of drug-likeness (QED) is 0.591. The summed E-state index contributed by atoms with van der Waals surface area (Å²) in [4.78, 5) is 0. The molecule has 0 bridgehead atoms. The van der Waals surface area contributed by atoms with Crippen molar-refractivity contribution in [3.63, 3.8) is 0 Å². The van der Waals surface area contributed by atoms with E-state index in [0.717, 1.165) is 31.1 Å². The maximum absolute atomic E-state index is 11.6. The van der Waals surface area contributed by atoms with E-state index >= 15 is 0 Å². The Hall–Kier alpha value is -1.17. The molecule has 0 aromatic heterocycles. The molecular formula is C18H24O4S. The van der Waals surface area contributed by atoms with Crippen molar-refractivity contribution in [2.45, 2.75) is 32.0 Å². The van der Waals surface area contributed by atoms with Crippen LogP contribution in [-0.4, -0.2) is 27.4 Å². The molecule has 1 saturated carbocycles. The van der Waals surface area contributed by atoms with Gasteiger partial charge in [0.2, 0.25) is 0 Å². The third kappa shape index (κ3) is 4.43. The number of benzene rings is 1. The Morgan fingerprint density at radius 2 is 1.87 bits per heavy atom. The van der Waals surface area contributed by atoms with E-state index in [1.807, 2.05) is 30.3 Å². The van der Waals surface area contributed by atoms with Crippen LogP contribution in [0.25, 0.3) is 0 Å². The number of hydrogen-bond donors (Lipinski definition) is 0. The topological polar surface area (TPSA) is 52.6 Å². The Kier molecular flexibility index (Phi) is 5.19. The van der Waals surface area contributed by atoms with Crippen molar-refractivity contribution in [1.29, 1.82) is 0 Å². The first-order chi connectivity index (χ1) is 11.0. The molecule has 0 spiro atoms. The lowest BCUT2D eigenvalue weighted by atomic mass is 9.81. The standard InChI is InChI=1S/C18H24O4S/c1-23(19,20)22-18-11-15-9-5-6-10-16(15)17(18)13-21-12-14-7-3-2-4-8-14/h2-8,15-18H,9-13H2,1H3. The Morgan fingerprint density at radius 3 is 2.61 bits per heavy atom. The van der Waals surface area contributed by atoms with Gasteiger partial charge in [0.05, 0.1) is 25.6 Å². The smallest absolute Gasteiger partial charge is 0.264 e. The highest BCUT2D eigenvalue weighted by atomic mass is 32.2. The number of allylic oxidation sites excluding steroid dienone is 2. The summed E-state index contributed by atoms with van der Waals surface area (Å²) in [5, 5.41) is 0. The monoisotopic (exact) mass is 336 g/mol. The van der Waals surface area contributed by atoms with Crippen molar-refractivity contribution < 1.29 is 17.3 Å². The van der Waals surface area contributed by atoms with Crippen LogP contribution in [0.15, 0.2) is 42.5 Å². The minimum absolute atomic E-state index is 0.142. The van der Waals surface area contributed by atoms with E-state index < -0.39 is 10.1 Å². The average molecular weight is 336 g/mol. The molecule has 4 atom stereocenters. The summed E-state index contributed by atoms with van der Waals surface area (Å²) in [7, 11) is -3.44. The van der Waals surface area contributed by atoms with Gasteiger partial charge < -0.3 is 4.74 Å². The molecule has 1 fully saturated rings. The normalized spacial score (nSPS) is 30.3. The highest BCUT2D eigenvalue weighted by Gasteiger charge is 2.45. The Labute approximate surface area is 138 Å². The first-order valence-electron chi connectivity index (χ1n) is 8.18. The lowest BCUT2D eigenvalue weighted by Gasteiger charge is -2.27. The second-order valence-corrected chi connectivity index (χ2v) is 8.21. The van der Waals surface area contributed by atoms with E-state index in [9.17, 15) is 8.42 Å². The minimum Gasteiger partial charge on any atom is -0.376 e. The van der Waals surface area contributed by atoms with E-state index in [1.165, 1.54) is 0 Å². The van der Waals surface area contributed by atoms with Crippen LogP contribution < -0.4 is 0 Å². The van der Waals surface area contributed by atoms with Gasteiger partial charge in [-0.05, 0) is 36.7 Å². The third-order valence-electron chi connectivity index (χ3n) is 4.90. The second kappa shape index (κ2) is 7.16. The minimum atomic E-state index is -3.44. The largest absolute Gasteiger partial charge is 0.376 e. The van der Waals surface area contributed by atoms with Crippen LogP contribution in [0, 0.1) is 17.8 Å². The molecular weight excluding hydrogens is 312 g/mol. The van der Waals surface area contributed by atoms with Crippen LogP contribution in [0.3, 0.4) is 0 Å². The summed E-state index contributed by atoms with van der Waals surface area (Å²) in [6, 6.07) is 10.0. The van der Waals surface area contributed by atoms with Gasteiger partial charge >= 0.3 is 0 Å². The Morgan fingerprint density at radius 1 is 1.13 bits per heavy atom. The Bertz CT molecular complexity index is 638. The van der Waals surface area contributed by atoms with E-state index in [1.54, 1.807) is 0 Å². The average Bonchev–Trinajstić information content (AvgIpc) is 2.84. The molecule has 0 amide bonds. The Balaban J connectivity index is 1.63. The molecule has 4 nitrogen and oxygen atoms in total. The summed E-state index contributed by atoms with van der Waals surface area (Å²) in [6.07, 6.45) is 8.10. The van der Waals surface area contributed by atoms with E-state index in [-0.39, 0.29) is 12.0 Å². The van der Waals surface area contributed by atoms with Gasteiger partial charge in [0, 0.05) is 5.92 Å². The highest BCUT2D eigenvalue weighted by molar-refractivity contribution is 7.86. The summed E-state index contributed by atoms with van der Waals surface area (Å²) < 4.78 is 34.4. The van der Waals surface area contributed by atoms with Crippen molar-refractivity contribution in [3.8, 4) is 0 Å². The molecule has 5 heteroatoms. The predicted octanol–water partition coefficient (Wildman–Crippen LogP) is 3.15. The number of ether oxygens (including phenoxy) is 1. The van der Waals surface area contributed by atoms with Crippen molar-refractivity contribution in [1.82, 2.24) is 0 Å². The summed E-state index contributed by atoms with van der Waals surface area (Å²) >= 11 is 0. The van der Waals surface area contributed by atoms with Crippen LogP contribution in [0.5, 0.6) is 0 Å². The van der Waals surface area contributed by atoms with Crippen LogP contribution in [0.1, 0.15) is 24.8 Å². The molecule has 23 heavy (non-hydrogen) atoms. The molecule has 3 rings (SSSR count). The molecule has 4 unspecified atom stereocenters. The molecule has 0 heterocycles. The van der Waals surface area contributed by atoms with Crippen molar-refractivity contribution in [3.05, 3.63) is 48.0 Å².